The van der Waals surface area contributed by atoms with Gasteiger partial charge in [-0.2, -0.15) is 0 Å². The zero-order valence-corrected chi connectivity index (χ0v) is 35.5. The number of hydrogen-bond donors (Lipinski definition) is 6. The van der Waals surface area contributed by atoms with Gasteiger partial charge in [-0.3, -0.25) is 18.6 Å². The predicted octanol–water partition coefficient (Wildman–Crippen LogP) is 7.61. The quantitative estimate of drug-likeness (QED) is 0.0160. The van der Waals surface area contributed by atoms with Crippen molar-refractivity contribution in [1.29, 1.82) is 0 Å². The fourth-order valence-electron chi connectivity index (χ4n) is 6.18. The maximum absolute atomic E-state index is 12.8. The topological polar surface area (TPSA) is 210 Å². The monoisotopic (exact) mass is 830 g/mol. The van der Waals surface area contributed by atoms with Crippen molar-refractivity contribution in [3.8, 4) is 0 Å². The molecule has 0 radical (unpaired) electrons. The highest BCUT2D eigenvalue weighted by Gasteiger charge is 2.51. The van der Waals surface area contributed by atoms with Gasteiger partial charge in [-0.05, 0) is 70.6 Å². The van der Waals surface area contributed by atoms with E-state index in [0.29, 0.717) is 12.8 Å². The molecule has 0 bridgehead atoms. The number of unbranched alkanes of at least 4 members (excludes halogenated alkanes) is 14. The average molecular weight is 831 g/mol. The first kappa shape index (κ1) is 52.8. The largest absolute Gasteiger partial charge is 0.472 e. The van der Waals surface area contributed by atoms with Gasteiger partial charge in [0.25, 0.3) is 0 Å². The van der Waals surface area contributed by atoms with E-state index in [-0.39, 0.29) is 12.8 Å². The minimum absolute atomic E-state index is 0.0710. The summed E-state index contributed by atoms with van der Waals surface area (Å²) in [6, 6.07) is 0. The minimum Gasteiger partial charge on any atom is -0.462 e. The maximum Gasteiger partial charge on any atom is 0.472 e. The zero-order valence-electron chi connectivity index (χ0n) is 34.6. The van der Waals surface area contributed by atoms with Gasteiger partial charge in [-0.25, -0.2) is 4.57 Å². The third-order valence-electron chi connectivity index (χ3n) is 9.65. The first-order valence-electron chi connectivity index (χ1n) is 21.4. The van der Waals surface area contributed by atoms with Crippen molar-refractivity contribution in [3.05, 3.63) is 48.6 Å². The van der Waals surface area contributed by atoms with Gasteiger partial charge in [0.05, 0.1) is 6.61 Å². The fraction of sp³-hybridized carbons (Fsp3) is 0.767. The summed E-state index contributed by atoms with van der Waals surface area (Å²) < 4.78 is 33.4. The van der Waals surface area contributed by atoms with Crippen LogP contribution < -0.4 is 0 Å². The Bertz CT molecular complexity index is 1190. The standard InChI is InChI=1S/C43H75O13P/c1-3-5-7-9-11-13-15-17-18-20-21-23-25-27-29-31-36(44)53-33-35(34-54-57(51,52)56-43-41(49)39(47)38(46)40(48)42(43)50)55-37(45)32-30-28-26-24-22-19-16-14-12-10-8-6-4-2/h5,7,11,13,17-19,22,35,38-43,46-50H,3-4,6,8-10,12,14-16,20-21,23-34H2,1-2H3,(H,51,52)/b7-5+,13-11+,18-17+,22-19+/t35-,38?,39-,40?,41?,42?,43?/m0/s1. The molecule has 0 amide bonds. The van der Waals surface area contributed by atoms with E-state index in [2.05, 4.69) is 62.5 Å². The Morgan fingerprint density at radius 3 is 1.56 bits per heavy atom. The van der Waals surface area contributed by atoms with E-state index in [1.165, 1.54) is 38.5 Å². The van der Waals surface area contributed by atoms with Gasteiger partial charge in [0.1, 0.15) is 43.2 Å². The molecule has 8 atom stereocenters. The summed E-state index contributed by atoms with van der Waals surface area (Å²) in [4.78, 5) is 35.6. The van der Waals surface area contributed by atoms with Gasteiger partial charge in [0, 0.05) is 12.8 Å². The lowest BCUT2D eigenvalue weighted by atomic mass is 9.85. The predicted molar refractivity (Wildman–Crippen MR) is 221 cm³/mol. The Labute approximate surface area is 341 Å². The lowest BCUT2D eigenvalue weighted by Crippen LogP contribution is -2.64. The van der Waals surface area contributed by atoms with Gasteiger partial charge >= 0.3 is 19.8 Å². The van der Waals surface area contributed by atoms with E-state index >= 15 is 0 Å². The molecule has 13 nitrogen and oxygen atoms in total. The molecule has 0 aromatic carbocycles. The summed E-state index contributed by atoms with van der Waals surface area (Å²) in [6.07, 6.45) is 24.6. The van der Waals surface area contributed by atoms with Crippen LogP contribution in [-0.4, -0.2) is 98.3 Å². The third-order valence-corrected chi connectivity index (χ3v) is 10.6. The van der Waals surface area contributed by atoms with Crippen LogP contribution in [0, 0.1) is 0 Å². The number of hydrogen-bond acceptors (Lipinski definition) is 12. The van der Waals surface area contributed by atoms with Crippen molar-refractivity contribution in [2.75, 3.05) is 13.2 Å². The Hall–Kier alpha value is -2.19. The summed E-state index contributed by atoms with van der Waals surface area (Å²) >= 11 is 0. The van der Waals surface area contributed by atoms with Gasteiger partial charge in [-0.15, -0.1) is 0 Å². The van der Waals surface area contributed by atoms with E-state index in [1.54, 1.807) is 0 Å². The number of esters is 2. The molecule has 1 fully saturated rings. The summed E-state index contributed by atoms with van der Waals surface area (Å²) in [6.45, 7) is 3.13. The van der Waals surface area contributed by atoms with Crippen molar-refractivity contribution >= 4 is 19.8 Å². The Balaban J connectivity index is 2.52. The van der Waals surface area contributed by atoms with Crippen LogP contribution in [0.1, 0.15) is 155 Å². The lowest BCUT2D eigenvalue weighted by molar-refractivity contribution is -0.220. The van der Waals surface area contributed by atoms with Crippen LogP contribution in [0.15, 0.2) is 48.6 Å². The molecule has 57 heavy (non-hydrogen) atoms. The van der Waals surface area contributed by atoms with Gasteiger partial charge in [-0.1, -0.05) is 120 Å². The first-order chi connectivity index (χ1) is 27.4. The Kier molecular flexibility index (Phi) is 31.2. The molecule has 0 heterocycles. The number of aliphatic hydroxyl groups is 5. The summed E-state index contributed by atoms with van der Waals surface area (Å²) in [5, 5.41) is 50.0. The van der Waals surface area contributed by atoms with Crippen molar-refractivity contribution in [3.63, 3.8) is 0 Å². The molecule has 0 spiro atoms. The van der Waals surface area contributed by atoms with Crippen LogP contribution in [-0.2, 0) is 32.7 Å². The number of ether oxygens (including phenoxy) is 2. The number of phosphoric ester groups is 1. The molecule has 0 aromatic heterocycles. The first-order valence-corrected chi connectivity index (χ1v) is 22.9. The van der Waals surface area contributed by atoms with E-state index in [0.717, 1.165) is 77.0 Å². The highest BCUT2D eigenvalue weighted by Crippen LogP contribution is 2.47. The summed E-state index contributed by atoms with van der Waals surface area (Å²) in [5.74, 6) is -1.14. The maximum atomic E-state index is 12.8. The number of phosphoric acid groups is 1. The Morgan fingerprint density at radius 2 is 1.00 bits per heavy atom. The Morgan fingerprint density at radius 1 is 0.561 bits per heavy atom. The van der Waals surface area contributed by atoms with Gasteiger partial charge in [0.15, 0.2) is 6.10 Å². The average Bonchev–Trinajstić information content (AvgIpc) is 3.19. The normalized spacial score (nSPS) is 23.2. The van der Waals surface area contributed by atoms with Crippen molar-refractivity contribution < 1.29 is 63.1 Å². The number of carbonyl (C=O) groups is 2. The number of rotatable bonds is 34. The molecule has 1 aliphatic rings. The van der Waals surface area contributed by atoms with Crippen molar-refractivity contribution in [2.45, 2.75) is 198 Å². The molecule has 6 N–H and O–H groups in total. The number of aliphatic hydroxyl groups excluding tert-OH is 5. The molecule has 330 valence electrons. The molecular formula is C43H75O13P. The molecule has 1 aliphatic carbocycles. The molecule has 6 unspecified atom stereocenters. The zero-order chi connectivity index (χ0) is 42.2. The fourth-order valence-corrected chi connectivity index (χ4v) is 7.15. The van der Waals surface area contributed by atoms with E-state index in [9.17, 15) is 44.6 Å². The van der Waals surface area contributed by atoms with E-state index in [1.807, 2.05) is 0 Å². The van der Waals surface area contributed by atoms with Crippen LogP contribution in [0.3, 0.4) is 0 Å². The smallest absolute Gasteiger partial charge is 0.462 e. The minimum atomic E-state index is -5.12. The SMILES string of the molecule is CC/C=C/C/C=C/C/C=C/CCCCCCCC(=O)OC[C@@H](COP(=O)(O)OC1C(O)C(O)C(O)[C@H](O)C1O)OC(=O)CCCCC/C=C/CCCCCCCC. The van der Waals surface area contributed by atoms with Crippen LogP contribution in [0.2, 0.25) is 0 Å². The third kappa shape index (κ3) is 26.5. The second kappa shape index (κ2) is 33.6. The van der Waals surface area contributed by atoms with Gasteiger partial charge < -0.3 is 39.9 Å². The van der Waals surface area contributed by atoms with Crippen molar-refractivity contribution in [2.24, 2.45) is 0 Å². The molecule has 0 saturated heterocycles. The molecule has 1 rings (SSSR count). The summed E-state index contributed by atoms with van der Waals surface area (Å²) in [7, 11) is -5.12. The number of allylic oxidation sites excluding steroid dienone is 8. The van der Waals surface area contributed by atoms with Crippen LogP contribution >= 0.6 is 7.82 Å². The molecule has 0 aromatic rings. The van der Waals surface area contributed by atoms with Crippen LogP contribution in [0.4, 0.5) is 0 Å². The summed E-state index contributed by atoms with van der Waals surface area (Å²) in [5.41, 5.74) is 0. The second-order valence-corrected chi connectivity index (χ2v) is 16.2. The van der Waals surface area contributed by atoms with Gasteiger partial charge in [0.2, 0.25) is 0 Å². The van der Waals surface area contributed by atoms with E-state index < -0.39 is 75.7 Å². The molecule has 0 aliphatic heterocycles. The van der Waals surface area contributed by atoms with Crippen molar-refractivity contribution in [1.82, 2.24) is 0 Å². The highest BCUT2D eigenvalue weighted by atomic mass is 31.2. The number of carbonyl (C=O) groups excluding carboxylic acids is 2. The molecule has 1 saturated carbocycles. The van der Waals surface area contributed by atoms with Crippen LogP contribution in [0.25, 0.3) is 0 Å². The van der Waals surface area contributed by atoms with Crippen LogP contribution in [0.5, 0.6) is 0 Å². The lowest BCUT2D eigenvalue weighted by Gasteiger charge is -2.41. The molecule has 14 heteroatoms. The van der Waals surface area contributed by atoms with E-state index in [4.69, 9.17) is 18.5 Å². The molecular weight excluding hydrogens is 755 g/mol. The highest BCUT2D eigenvalue weighted by molar-refractivity contribution is 7.47. The second-order valence-electron chi connectivity index (χ2n) is 14.8.